The number of hydrogen-bond donors (Lipinski definition) is 1. The molecule has 0 aliphatic heterocycles. The molecule has 0 atom stereocenters. The first-order chi connectivity index (χ1) is 5.70. The summed E-state index contributed by atoms with van der Waals surface area (Å²) in [7, 11) is 1.73. The highest BCUT2D eigenvalue weighted by atomic mass is 16.5. The molecule has 0 aliphatic rings. The lowest BCUT2D eigenvalue weighted by atomic mass is 10.2. The second kappa shape index (κ2) is 7.53. The molecule has 0 bridgehead atoms. The number of nitrogens with zero attached hydrogens (tertiary/aromatic N) is 1. The Hall–Kier alpha value is -0.120. The van der Waals surface area contributed by atoms with Gasteiger partial charge >= 0.3 is 0 Å². The van der Waals surface area contributed by atoms with Crippen LogP contribution in [-0.4, -0.2) is 44.8 Å². The van der Waals surface area contributed by atoms with Crippen LogP contribution in [0.5, 0.6) is 0 Å². The first kappa shape index (κ1) is 11.9. The predicted octanol–water partition coefficient (Wildman–Crippen LogP) is 0.550. The van der Waals surface area contributed by atoms with Crippen molar-refractivity contribution in [3.8, 4) is 0 Å². The van der Waals surface area contributed by atoms with Crippen molar-refractivity contribution in [2.45, 2.75) is 13.8 Å². The van der Waals surface area contributed by atoms with Crippen LogP contribution in [0.4, 0.5) is 0 Å². The summed E-state index contributed by atoms with van der Waals surface area (Å²) in [6.45, 7) is 9.05. The molecule has 12 heavy (non-hydrogen) atoms. The third kappa shape index (κ3) is 6.58. The molecule has 0 fully saturated rings. The molecule has 2 N–H and O–H groups in total. The highest BCUT2D eigenvalue weighted by Crippen LogP contribution is 1.97. The lowest BCUT2D eigenvalue weighted by Gasteiger charge is -2.22. The van der Waals surface area contributed by atoms with Gasteiger partial charge in [-0.05, 0) is 5.92 Å². The van der Waals surface area contributed by atoms with Gasteiger partial charge in [-0.25, -0.2) is 0 Å². The summed E-state index contributed by atoms with van der Waals surface area (Å²) in [5.41, 5.74) is 5.49. The molecule has 0 rings (SSSR count). The summed E-state index contributed by atoms with van der Waals surface area (Å²) in [4.78, 5) is 2.34. The van der Waals surface area contributed by atoms with Gasteiger partial charge in [-0.3, -0.25) is 4.90 Å². The number of ether oxygens (including phenoxy) is 1. The lowest BCUT2D eigenvalue weighted by Crippen LogP contribution is -2.35. The Labute approximate surface area is 75.9 Å². The number of rotatable bonds is 7. The molecule has 0 unspecified atom stereocenters. The summed E-state index contributed by atoms with van der Waals surface area (Å²) in [6.07, 6.45) is 0. The van der Waals surface area contributed by atoms with Crippen LogP contribution in [0.15, 0.2) is 0 Å². The molecule has 0 amide bonds. The van der Waals surface area contributed by atoms with E-state index in [1.807, 2.05) is 0 Å². The molecule has 0 saturated heterocycles. The summed E-state index contributed by atoms with van der Waals surface area (Å²) in [6, 6.07) is 0. The minimum Gasteiger partial charge on any atom is -0.383 e. The van der Waals surface area contributed by atoms with Crippen LogP contribution in [0.1, 0.15) is 13.8 Å². The molecular formula is C9H22N2O. The zero-order valence-electron chi connectivity index (χ0n) is 8.55. The molecule has 0 heterocycles. The van der Waals surface area contributed by atoms with E-state index < -0.39 is 0 Å². The fourth-order valence-electron chi connectivity index (χ4n) is 1.21. The first-order valence-electron chi connectivity index (χ1n) is 4.62. The van der Waals surface area contributed by atoms with Crippen LogP contribution in [0.2, 0.25) is 0 Å². The number of hydrogen-bond acceptors (Lipinski definition) is 3. The zero-order chi connectivity index (χ0) is 9.40. The van der Waals surface area contributed by atoms with Crippen LogP contribution >= 0.6 is 0 Å². The fourth-order valence-corrected chi connectivity index (χ4v) is 1.21. The van der Waals surface area contributed by atoms with Gasteiger partial charge in [0.25, 0.3) is 0 Å². The minimum absolute atomic E-state index is 0.702. The molecule has 74 valence electrons. The molecule has 3 nitrogen and oxygen atoms in total. The van der Waals surface area contributed by atoms with Gasteiger partial charge in [-0.15, -0.1) is 0 Å². The van der Waals surface area contributed by atoms with Crippen molar-refractivity contribution in [1.29, 1.82) is 0 Å². The Morgan fingerprint density at radius 2 is 2.00 bits per heavy atom. The maximum atomic E-state index is 5.49. The average Bonchev–Trinajstić information content (AvgIpc) is 2.00. The van der Waals surface area contributed by atoms with Gasteiger partial charge < -0.3 is 10.5 Å². The van der Waals surface area contributed by atoms with Gasteiger partial charge in [0.2, 0.25) is 0 Å². The monoisotopic (exact) mass is 174 g/mol. The predicted molar refractivity (Wildman–Crippen MR) is 52.2 cm³/mol. The SMILES string of the molecule is COCCN(CCN)CC(C)C. The van der Waals surface area contributed by atoms with E-state index in [4.69, 9.17) is 10.5 Å². The van der Waals surface area contributed by atoms with Crippen molar-refractivity contribution in [3.63, 3.8) is 0 Å². The Balaban J connectivity index is 3.54. The second-order valence-electron chi connectivity index (χ2n) is 3.48. The van der Waals surface area contributed by atoms with E-state index in [1.165, 1.54) is 0 Å². The third-order valence-corrected chi connectivity index (χ3v) is 1.68. The molecule has 0 aliphatic carbocycles. The normalized spacial score (nSPS) is 11.5. The number of nitrogens with two attached hydrogens (primary N) is 1. The molecule has 0 saturated carbocycles. The van der Waals surface area contributed by atoms with Crippen LogP contribution in [-0.2, 0) is 4.74 Å². The Morgan fingerprint density at radius 3 is 2.42 bits per heavy atom. The van der Waals surface area contributed by atoms with Crippen LogP contribution < -0.4 is 5.73 Å². The van der Waals surface area contributed by atoms with Crippen LogP contribution in [0.3, 0.4) is 0 Å². The summed E-state index contributed by atoms with van der Waals surface area (Å²) < 4.78 is 5.02. The maximum absolute atomic E-state index is 5.49. The van der Waals surface area contributed by atoms with Gasteiger partial charge in [-0.2, -0.15) is 0 Å². The Kier molecular flexibility index (Phi) is 7.45. The van der Waals surface area contributed by atoms with E-state index in [9.17, 15) is 0 Å². The quantitative estimate of drug-likeness (QED) is 0.612. The van der Waals surface area contributed by atoms with E-state index in [0.717, 1.165) is 32.8 Å². The van der Waals surface area contributed by atoms with Crippen molar-refractivity contribution < 1.29 is 4.74 Å². The zero-order valence-corrected chi connectivity index (χ0v) is 8.55. The first-order valence-corrected chi connectivity index (χ1v) is 4.62. The standard InChI is InChI=1S/C9H22N2O/c1-9(2)8-11(5-4-10)6-7-12-3/h9H,4-8,10H2,1-3H3. The molecule has 0 aromatic rings. The van der Waals surface area contributed by atoms with E-state index in [2.05, 4.69) is 18.7 Å². The van der Waals surface area contributed by atoms with E-state index in [1.54, 1.807) is 7.11 Å². The largest absolute Gasteiger partial charge is 0.383 e. The number of methoxy groups -OCH3 is 1. The highest BCUT2D eigenvalue weighted by Gasteiger charge is 2.04. The van der Waals surface area contributed by atoms with E-state index >= 15 is 0 Å². The van der Waals surface area contributed by atoms with Crippen molar-refractivity contribution in [3.05, 3.63) is 0 Å². The Morgan fingerprint density at radius 1 is 1.33 bits per heavy atom. The summed E-state index contributed by atoms with van der Waals surface area (Å²) in [5.74, 6) is 0.702. The van der Waals surface area contributed by atoms with Gasteiger partial charge in [0.05, 0.1) is 6.61 Å². The highest BCUT2D eigenvalue weighted by molar-refractivity contribution is 4.59. The second-order valence-corrected chi connectivity index (χ2v) is 3.48. The van der Waals surface area contributed by atoms with Gasteiger partial charge in [0.1, 0.15) is 0 Å². The van der Waals surface area contributed by atoms with E-state index in [0.29, 0.717) is 5.92 Å². The third-order valence-electron chi connectivity index (χ3n) is 1.68. The van der Waals surface area contributed by atoms with Gasteiger partial charge in [-0.1, -0.05) is 13.8 Å². The minimum atomic E-state index is 0.702. The lowest BCUT2D eigenvalue weighted by molar-refractivity contribution is 0.142. The van der Waals surface area contributed by atoms with Crippen molar-refractivity contribution >= 4 is 0 Å². The van der Waals surface area contributed by atoms with E-state index in [-0.39, 0.29) is 0 Å². The summed E-state index contributed by atoms with van der Waals surface area (Å²) in [5, 5.41) is 0. The fraction of sp³-hybridized carbons (Fsp3) is 1.00. The van der Waals surface area contributed by atoms with Gasteiger partial charge in [0.15, 0.2) is 0 Å². The maximum Gasteiger partial charge on any atom is 0.0589 e. The van der Waals surface area contributed by atoms with Crippen LogP contribution in [0.25, 0.3) is 0 Å². The smallest absolute Gasteiger partial charge is 0.0589 e. The van der Waals surface area contributed by atoms with Gasteiger partial charge in [0, 0.05) is 33.3 Å². The molecule has 0 spiro atoms. The molecular weight excluding hydrogens is 152 g/mol. The van der Waals surface area contributed by atoms with Crippen molar-refractivity contribution in [2.24, 2.45) is 11.7 Å². The van der Waals surface area contributed by atoms with Crippen LogP contribution in [0, 0.1) is 5.92 Å². The molecule has 0 radical (unpaired) electrons. The summed E-state index contributed by atoms with van der Waals surface area (Å²) >= 11 is 0. The molecule has 0 aromatic carbocycles. The average molecular weight is 174 g/mol. The Bertz CT molecular complexity index is 96.5. The molecule has 0 aromatic heterocycles. The molecule has 3 heteroatoms. The van der Waals surface area contributed by atoms with Crippen molar-refractivity contribution in [1.82, 2.24) is 4.90 Å². The topological polar surface area (TPSA) is 38.5 Å². The van der Waals surface area contributed by atoms with Crippen molar-refractivity contribution in [2.75, 3.05) is 39.9 Å².